The second-order valence-corrected chi connectivity index (χ2v) is 8.69. The molecule has 0 saturated carbocycles. The summed E-state index contributed by atoms with van der Waals surface area (Å²) < 4.78 is 13.2. The molecule has 2 aliphatic rings. The smallest absolute Gasteiger partial charge is 0.224 e. The quantitative estimate of drug-likeness (QED) is 0.810. The van der Waals surface area contributed by atoms with Gasteiger partial charge in [0.25, 0.3) is 0 Å². The predicted molar refractivity (Wildman–Crippen MR) is 114 cm³/mol. The number of amides is 1. The van der Waals surface area contributed by atoms with Gasteiger partial charge >= 0.3 is 0 Å². The van der Waals surface area contributed by atoms with Gasteiger partial charge < -0.3 is 20.0 Å². The first-order chi connectivity index (χ1) is 14.3. The number of likely N-dealkylation sites (tertiary alicyclic amines) is 1. The Balaban J connectivity index is 1.39. The largest absolute Gasteiger partial charge is 0.387 e. The highest BCUT2D eigenvalue weighted by Gasteiger charge is 2.35. The van der Waals surface area contributed by atoms with E-state index >= 15 is 0 Å². The van der Waals surface area contributed by atoms with Gasteiger partial charge in [-0.1, -0.05) is 24.3 Å². The Morgan fingerprint density at radius 2 is 1.87 bits per heavy atom. The molecule has 0 unspecified atom stereocenters. The van der Waals surface area contributed by atoms with Crippen LogP contribution in [0.2, 0.25) is 0 Å². The number of aliphatic hydroxyl groups excluding tert-OH is 1. The van der Waals surface area contributed by atoms with Crippen LogP contribution in [0.15, 0.2) is 42.5 Å². The Morgan fingerprint density at radius 1 is 1.20 bits per heavy atom. The first kappa shape index (κ1) is 21.0. The lowest BCUT2D eigenvalue weighted by Gasteiger charge is -2.39. The number of nitrogens with zero attached hydrogens (tertiary/aromatic N) is 2. The van der Waals surface area contributed by atoms with Crippen molar-refractivity contribution < 1.29 is 19.4 Å². The Labute approximate surface area is 176 Å². The van der Waals surface area contributed by atoms with E-state index in [1.54, 1.807) is 19.1 Å². The number of carbonyl (C=O) groups excluding carboxylic acids is 1. The number of β-amino-alcohol motifs (C(OH)–C–C–N with tert-alkyl or cyclic N) is 1. The predicted octanol–water partition coefficient (Wildman–Crippen LogP) is 3.14. The minimum Gasteiger partial charge on any atom is -0.387 e. The first-order valence-electron chi connectivity index (χ1n) is 10.6. The number of benzene rings is 2. The molecule has 2 N–H and O–H groups in total. The van der Waals surface area contributed by atoms with E-state index in [2.05, 4.69) is 4.90 Å². The van der Waals surface area contributed by atoms with Gasteiger partial charge in [-0.05, 0) is 61.1 Å². The van der Waals surface area contributed by atoms with Crippen LogP contribution in [0.25, 0.3) is 0 Å². The summed E-state index contributed by atoms with van der Waals surface area (Å²) in [5.74, 6) is -0.269. The van der Waals surface area contributed by atoms with Gasteiger partial charge in [-0.2, -0.15) is 0 Å². The minimum atomic E-state index is -0.949. The Bertz CT molecular complexity index is 923. The lowest BCUT2D eigenvalue weighted by Crippen LogP contribution is -2.44. The summed E-state index contributed by atoms with van der Waals surface area (Å²) in [7, 11) is 0. The molecule has 2 aliphatic heterocycles. The van der Waals surface area contributed by atoms with Crippen molar-refractivity contribution in [3.63, 3.8) is 0 Å². The third-order valence-electron chi connectivity index (χ3n) is 6.54. The molecule has 0 aliphatic carbocycles. The average molecular weight is 413 g/mol. The molecule has 2 aromatic rings. The zero-order valence-electron chi connectivity index (χ0n) is 17.5. The van der Waals surface area contributed by atoms with Crippen LogP contribution in [0.5, 0.6) is 0 Å². The van der Waals surface area contributed by atoms with E-state index in [4.69, 9.17) is 0 Å². The molecule has 4 rings (SSSR count). The van der Waals surface area contributed by atoms with E-state index in [1.807, 2.05) is 30.0 Å². The van der Waals surface area contributed by atoms with Crippen molar-refractivity contribution in [3.8, 4) is 0 Å². The fraction of sp³-hybridized carbons (Fsp3) is 0.458. The second-order valence-electron chi connectivity index (χ2n) is 8.69. The standard InChI is InChI=1S/C24H29FN2O3/c1-16-13-19-14-18(3-8-22(19)27(16)17(2)28)23(29)15-26-11-9-24(30,10-12-26)20-4-6-21(25)7-5-20/h3-8,14,16,23,29-30H,9-13,15H2,1-2H3/t16-,23+/m0/s1. The maximum atomic E-state index is 13.2. The molecule has 0 spiro atoms. The number of carbonyl (C=O) groups is 1. The van der Waals surface area contributed by atoms with Gasteiger partial charge in [0, 0.05) is 38.3 Å². The Morgan fingerprint density at radius 3 is 2.50 bits per heavy atom. The van der Waals surface area contributed by atoms with Crippen molar-refractivity contribution in [1.82, 2.24) is 4.90 Å². The zero-order valence-corrected chi connectivity index (χ0v) is 17.5. The van der Waals surface area contributed by atoms with E-state index in [-0.39, 0.29) is 17.8 Å². The number of aliphatic hydroxyl groups is 2. The SMILES string of the molecule is CC(=O)N1c2ccc([C@H](O)CN3CCC(O)(c4ccc(F)cc4)CC3)cc2C[C@@H]1C. The zero-order chi connectivity index (χ0) is 21.5. The van der Waals surface area contributed by atoms with Gasteiger partial charge in [0.05, 0.1) is 11.7 Å². The summed E-state index contributed by atoms with van der Waals surface area (Å²) in [4.78, 5) is 15.9. The molecular formula is C24H29FN2O3. The van der Waals surface area contributed by atoms with Crippen molar-refractivity contribution >= 4 is 11.6 Å². The molecule has 1 fully saturated rings. The summed E-state index contributed by atoms with van der Waals surface area (Å²) in [6, 6.07) is 12.0. The maximum Gasteiger partial charge on any atom is 0.224 e. The summed E-state index contributed by atoms with van der Waals surface area (Å²) >= 11 is 0. The fourth-order valence-electron chi connectivity index (χ4n) is 4.84. The number of halogens is 1. The third kappa shape index (κ3) is 4.00. The van der Waals surface area contributed by atoms with Gasteiger partial charge in [0.1, 0.15) is 5.82 Å². The van der Waals surface area contributed by atoms with Crippen molar-refractivity contribution in [2.75, 3.05) is 24.5 Å². The van der Waals surface area contributed by atoms with Crippen LogP contribution in [-0.4, -0.2) is 46.7 Å². The molecule has 2 heterocycles. The van der Waals surface area contributed by atoms with Crippen LogP contribution in [0.3, 0.4) is 0 Å². The van der Waals surface area contributed by atoms with E-state index in [1.165, 1.54) is 12.1 Å². The van der Waals surface area contributed by atoms with Crippen LogP contribution in [0.1, 0.15) is 49.5 Å². The number of hydrogen-bond donors (Lipinski definition) is 2. The molecule has 30 heavy (non-hydrogen) atoms. The van der Waals surface area contributed by atoms with Gasteiger partial charge in [-0.25, -0.2) is 4.39 Å². The number of fused-ring (bicyclic) bond motifs is 1. The van der Waals surface area contributed by atoms with Crippen molar-refractivity contribution in [2.24, 2.45) is 0 Å². The molecule has 2 atom stereocenters. The van der Waals surface area contributed by atoms with Crippen LogP contribution in [0.4, 0.5) is 10.1 Å². The number of hydrogen-bond acceptors (Lipinski definition) is 4. The van der Waals surface area contributed by atoms with Crippen LogP contribution >= 0.6 is 0 Å². The normalized spacial score (nSPS) is 22.0. The second kappa shape index (κ2) is 8.10. The highest BCUT2D eigenvalue weighted by molar-refractivity contribution is 5.94. The molecule has 5 nitrogen and oxygen atoms in total. The molecule has 2 aromatic carbocycles. The maximum absolute atomic E-state index is 13.2. The summed E-state index contributed by atoms with van der Waals surface area (Å²) in [5, 5.41) is 21.8. The van der Waals surface area contributed by atoms with E-state index in [0.717, 1.165) is 28.8 Å². The summed E-state index contributed by atoms with van der Waals surface area (Å²) in [6.07, 6.45) is 1.25. The monoisotopic (exact) mass is 412 g/mol. The van der Waals surface area contributed by atoms with Crippen LogP contribution in [0, 0.1) is 5.82 Å². The van der Waals surface area contributed by atoms with Gasteiger partial charge in [0.15, 0.2) is 0 Å². The topological polar surface area (TPSA) is 64.0 Å². The minimum absolute atomic E-state index is 0.0384. The van der Waals surface area contributed by atoms with Crippen LogP contribution < -0.4 is 4.90 Å². The lowest BCUT2D eigenvalue weighted by molar-refractivity contribution is -0.116. The Kier molecular flexibility index (Phi) is 5.66. The van der Waals surface area contributed by atoms with Crippen LogP contribution in [-0.2, 0) is 16.8 Å². The fourth-order valence-corrected chi connectivity index (χ4v) is 4.84. The molecule has 1 amide bonds. The molecule has 0 radical (unpaired) electrons. The van der Waals surface area contributed by atoms with E-state index in [9.17, 15) is 19.4 Å². The Hall–Kier alpha value is -2.28. The van der Waals surface area contributed by atoms with E-state index < -0.39 is 11.7 Å². The van der Waals surface area contributed by atoms with Gasteiger partial charge in [-0.3, -0.25) is 4.79 Å². The lowest BCUT2D eigenvalue weighted by atomic mass is 9.84. The number of anilines is 1. The van der Waals surface area contributed by atoms with Crippen molar-refractivity contribution in [1.29, 1.82) is 0 Å². The van der Waals surface area contributed by atoms with E-state index in [0.29, 0.717) is 32.5 Å². The first-order valence-corrected chi connectivity index (χ1v) is 10.6. The molecule has 0 bridgehead atoms. The van der Waals surface area contributed by atoms with Gasteiger partial charge in [-0.15, -0.1) is 0 Å². The number of rotatable bonds is 4. The van der Waals surface area contributed by atoms with Crippen molar-refractivity contribution in [2.45, 2.75) is 50.9 Å². The highest BCUT2D eigenvalue weighted by Crippen LogP contribution is 2.36. The van der Waals surface area contributed by atoms with Gasteiger partial charge in [0.2, 0.25) is 5.91 Å². The molecular weight excluding hydrogens is 383 g/mol. The highest BCUT2D eigenvalue weighted by atomic mass is 19.1. The average Bonchev–Trinajstić information content (AvgIpc) is 3.05. The third-order valence-corrected chi connectivity index (χ3v) is 6.54. The number of piperidine rings is 1. The molecule has 6 heteroatoms. The molecule has 0 aromatic heterocycles. The summed E-state index contributed by atoms with van der Waals surface area (Å²) in [6.45, 7) is 5.42. The molecule has 1 saturated heterocycles. The molecule has 160 valence electrons. The summed E-state index contributed by atoms with van der Waals surface area (Å²) in [5.41, 5.74) is 2.68. The van der Waals surface area contributed by atoms with Crippen molar-refractivity contribution in [3.05, 3.63) is 65.0 Å².